The van der Waals surface area contributed by atoms with Gasteiger partial charge in [0.25, 0.3) is 0 Å². The Bertz CT molecular complexity index is 1210. The summed E-state index contributed by atoms with van der Waals surface area (Å²) in [5, 5.41) is 22.6. The van der Waals surface area contributed by atoms with Crippen LogP contribution in [-0.4, -0.2) is 31.3 Å². The Balaban J connectivity index is 1.80. The molecular weight excluding hydrogens is 376 g/mol. The van der Waals surface area contributed by atoms with E-state index in [0.717, 1.165) is 22.0 Å². The van der Waals surface area contributed by atoms with E-state index in [2.05, 4.69) is 36.8 Å². The summed E-state index contributed by atoms with van der Waals surface area (Å²) < 4.78 is 1.71. The lowest BCUT2D eigenvalue weighted by Gasteiger charge is -2.17. The molecule has 3 heterocycles. The number of nitriles is 1. The minimum Gasteiger partial charge on any atom is -0.370 e. The molecule has 8 nitrogen and oxygen atoms in total. The molecule has 0 aliphatic carbocycles. The van der Waals surface area contributed by atoms with Crippen LogP contribution < -0.4 is 10.6 Å². The molecule has 0 aliphatic rings. The summed E-state index contributed by atoms with van der Waals surface area (Å²) in [4.78, 5) is 12.2. The molecule has 28 heavy (non-hydrogen) atoms. The number of fused-ring (bicyclic) bond motifs is 2. The molecular formula is C19H19ClN8. The number of nitrogens with one attached hydrogen (secondary N) is 3. The Morgan fingerprint density at radius 3 is 2.89 bits per heavy atom. The van der Waals surface area contributed by atoms with Crippen molar-refractivity contribution in [3.63, 3.8) is 0 Å². The van der Waals surface area contributed by atoms with E-state index >= 15 is 0 Å². The second-order valence-corrected chi connectivity index (χ2v) is 7.28. The first-order valence-electron chi connectivity index (χ1n) is 8.88. The number of benzene rings is 1. The van der Waals surface area contributed by atoms with Crippen molar-refractivity contribution in [2.45, 2.75) is 26.3 Å². The summed E-state index contributed by atoms with van der Waals surface area (Å²) in [6.45, 7) is 6.36. The summed E-state index contributed by atoms with van der Waals surface area (Å²) in [7, 11) is 0. The predicted octanol–water partition coefficient (Wildman–Crippen LogP) is 4.40. The van der Waals surface area contributed by atoms with Gasteiger partial charge in [0.1, 0.15) is 17.0 Å². The lowest BCUT2D eigenvalue weighted by Crippen LogP contribution is -2.24. The van der Waals surface area contributed by atoms with Gasteiger partial charge in [-0.15, -0.1) is 0 Å². The van der Waals surface area contributed by atoms with Gasteiger partial charge in [-0.2, -0.15) is 20.3 Å². The number of halogens is 1. The van der Waals surface area contributed by atoms with E-state index in [1.165, 1.54) is 0 Å². The molecule has 3 aromatic heterocycles. The van der Waals surface area contributed by atoms with E-state index in [9.17, 15) is 5.26 Å². The first kappa shape index (κ1) is 18.1. The van der Waals surface area contributed by atoms with Crippen LogP contribution in [0.3, 0.4) is 0 Å². The van der Waals surface area contributed by atoms with E-state index in [1.54, 1.807) is 17.1 Å². The molecule has 0 saturated carbocycles. The zero-order chi connectivity index (χ0) is 19.9. The average Bonchev–Trinajstić information content (AvgIpc) is 3.27. The monoisotopic (exact) mass is 394 g/mol. The molecule has 0 saturated heterocycles. The maximum absolute atomic E-state index is 9.45. The van der Waals surface area contributed by atoms with Gasteiger partial charge in [0, 0.05) is 18.1 Å². The van der Waals surface area contributed by atoms with E-state index in [-0.39, 0.29) is 0 Å². The molecule has 9 heteroatoms. The van der Waals surface area contributed by atoms with Gasteiger partial charge in [-0.1, -0.05) is 17.7 Å². The van der Waals surface area contributed by atoms with E-state index in [4.69, 9.17) is 11.6 Å². The van der Waals surface area contributed by atoms with Crippen molar-refractivity contribution in [3.05, 3.63) is 35.6 Å². The highest BCUT2D eigenvalue weighted by Crippen LogP contribution is 2.32. The van der Waals surface area contributed by atoms with Crippen molar-refractivity contribution in [1.82, 2.24) is 24.7 Å². The van der Waals surface area contributed by atoms with Gasteiger partial charge in [-0.25, -0.2) is 4.68 Å². The normalized spacial score (nSPS) is 11.7. The van der Waals surface area contributed by atoms with Crippen molar-refractivity contribution < 1.29 is 0 Å². The largest absolute Gasteiger partial charge is 0.370 e. The van der Waals surface area contributed by atoms with Crippen LogP contribution in [0.1, 0.15) is 20.8 Å². The first-order chi connectivity index (χ1) is 13.4. The third-order valence-corrected chi connectivity index (χ3v) is 4.79. The molecule has 4 aromatic rings. The molecule has 0 bridgehead atoms. The number of hydrogen-bond acceptors (Lipinski definition) is 6. The predicted molar refractivity (Wildman–Crippen MR) is 111 cm³/mol. The summed E-state index contributed by atoms with van der Waals surface area (Å²) >= 11 is 6.25. The second-order valence-electron chi connectivity index (χ2n) is 6.88. The van der Waals surface area contributed by atoms with Crippen molar-refractivity contribution in [2.75, 3.05) is 17.2 Å². The van der Waals surface area contributed by atoms with Gasteiger partial charge in [0.2, 0.25) is 5.95 Å². The topological polar surface area (TPSA) is 107 Å². The molecule has 0 unspecified atom stereocenters. The molecule has 0 aliphatic heterocycles. The third-order valence-electron chi connectivity index (χ3n) is 4.49. The Kier molecular flexibility index (Phi) is 4.32. The van der Waals surface area contributed by atoms with E-state index in [1.807, 2.05) is 39.0 Å². The molecule has 0 amide bonds. The van der Waals surface area contributed by atoms with Crippen LogP contribution in [0.5, 0.6) is 0 Å². The highest BCUT2D eigenvalue weighted by Gasteiger charge is 2.23. The van der Waals surface area contributed by atoms with Gasteiger partial charge in [-0.05, 0) is 32.9 Å². The van der Waals surface area contributed by atoms with Crippen LogP contribution in [-0.2, 0) is 5.54 Å². The number of nitrogens with zero attached hydrogens (tertiary/aromatic N) is 5. The number of anilines is 3. The number of H-pyrrole nitrogens is 1. The molecule has 3 N–H and O–H groups in total. The Morgan fingerprint density at radius 1 is 1.32 bits per heavy atom. The lowest BCUT2D eigenvalue weighted by atomic mass is 10.1. The smallest absolute Gasteiger partial charge is 0.231 e. The fourth-order valence-corrected chi connectivity index (χ4v) is 3.35. The molecule has 0 spiro atoms. The summed E-state index contributed by atoms with van der Waals surface area (Å²) in [6.07, 6.45) is 3.44. The third kappa shape index (κ3) is 2.90. The fraction of sp³-hybridized carbons (Fsp3) is 0.263. The van der Waals surface area contributed by atoms with Gasteiger partial charge in [-0.3, -0.25) is 0 Å². The second kappa shape index (κ2) is 6.69. The highest BCUT2D eigenvalue weighted by molar-refractivity contribution is 6.36. The number of aromatic amines is 1. The Hall–Kier alpha value is -3.31. The average molecular weight is 395 g/mol. The molecule has 0 radical (unpaired) electrons. The highest BCUT2D eigenvalue weighted by atomic mass is 35.5. The van der Waals surface area contributed by atoms with Gasteiger partial charge >= 0.3 is 0 Å². The van der Waals surface area contributed by atoms with Gasteiger partial charge in [0.15, 0.2) is 0 Å². The molecule has 0 atom stereocenters. The van der Waals surface area contributed by atoms with Crippen molar-refractivity contribution in [3.8, 4) is 6.07 Å². The summed E-state index contributed by atoms with van der Waals surface area (Å²) in [5.41, 5.74) is 1.55. The molecule has 1 aromatic carbocycles. The van der Waals surface area contributed by atoms with Crippen LogP contribution >= 0.6 is 11.6 Å². The minimum absolute atomic E-state index is 0.432. The standard InChI is InChI=1S/C19H19ClN8/c1-4-22-16-15-12(20)9-23-17(15)27-18(26-16)25-13-6-5-7-14-11(13)8-24-28(14)19(2,3)10-21/h5-9H,4H2,1-3H3,(H3,22,23,25,26,27). The van der Waals surface area contributed by atoms with E-state index < -0.39 is 5.54 Å². The van der Waals surface area contributed by atoms with Crippen LogP contribution in [0.25, 0.3) is 21.9 Å². The maximum atomic E-state index is 9.45. The van der Waals surface area contributed by atoms with E-state index in [0.29, 0.717) is 29.0 Å². The summed E-state index contributed by atoms with van der Waals surface area (Å²) in [5.74, 6) is 1.09. The fourth-order valence-electron chi connectivity index (χ4n) is 3.12. The lowest BCUT2D eigenvalue weighted by molar-refractivity contribution is 0.433. The van der Waals surface area contributed by atoms with Crippen LogP contribution in [0.4, 0.5) is 17.5 Å². The first-order valence-corrected chi connectivity index (χ1v) is 9.26. The van der Waals surface area contributed by atoms with Crippen molar-refractivity contribution >= 4 is 51.0 Å². The zero-order valence-electron chi connectivity index (χ0n) is 15.7. The number of hydrogen-bond donors (Lipinski definition) is 3. The van der Waals surface area contributed by atoms with Crippen LogP contribution in [0.15, 0.2) is 30.6 Å². The van der Waals surface area contributed by atoms with Gasteiger partial charge in [0.05, 0.1) is 33.9 Å². The quantitative estimate of drug-likeness (QED) is 0.463. The zero-order valence-corrected chi connectivity index (χ0v) is 16.5. The SMILES string of the molecule is CCNc1nc(Nc2cccc3c2cnn3C(C)(C)C#N)nc2[nH]cc(Cl)c12. The van der Waals surface area contributed by atoms with Crippen LogP contribution in [0, 0.1) is 11.3 Å². The molecule has 4 rings (SSSR count). The number of aromatic nitrogens is 5. The maximum Gasteiger partial charge on any atom is 0.231 e. The van der Waals surface area contributed by atoms with Crippen LogP contribution in [0.2, 0.25) is 5.02 Å². The Morgan fingerprint density at radius 2 is 2.14 bits per heavy atom. The minimum atomic E-state index is -0.755. The Labute approximate surface area is 166 Å². The van der Waals surface area contributed by atoms with Gasteiger partial charge < -0.3 is 15.6 Å². The van der Waals surface area contributed by atoms with Crippen molar-refractivity contribution in [2.24, 2.45) is 0 Å². The molecule has 0 fully saturated rings. The summed E-state index contributed by atoms with van der Waals surface area (Å²) in [6, 6.07) is 8.05. The number of rotatable bonds is 5. The molecule has 142 valence electrons. The van der Waals surface area contributed by atoms with Crippen molar-refractivity contribution in [1.29, 1.82) is 5.26 Å².